The zero-order chi connectivity index (χ0) is 19.3. The lowest BCUT2D eigenvalue weighted by Crippen LogP contribution is -2.44. The maximum Gasteiger partial charge on any atom is 0.235 e. The smallest absolute Gasteiger partial charge is 0.235 e. The van der Waals surface area contributed by atoms with Crippen LogP contribution in [0, 0.1) is 5.82 Å². The Morgan fingerprint density at radius 2 is 1.81 bits per heavy atom. The molecule has 0 unspecified atom stereocenters. The number of carbonyl (C=O) groups is 1. The second-order valence-corrected chi connectivity index (χ2v) is 6.73. The van der Waals surface area contributed by atoms with Crippen molar-refractivity contribution in [1.82, 2.24) is 4.98 Å². The van der Waals surface area contributed by atoms with Gasteiger partial charge in [0.05, 0.1) is 17.3 Å². The van der Waals surface area contributed by atoms with E-state index in [1.807, 2.05) is 12.1 Å². The Morgan fingerprint density at radius 1 is 1.15 bits per heavy atom. The fraction of sp³-hybridized carbons (Fsp3) is 0.429. The number of aromatic nitrogens is 1. The molecule has 0 atom stereocenters. The van der Waals surface area contributed by atoms with Gasteiger partial charge in [0, 0.05) is 26.3 Å². The Labute approximate surface area is 159 Å². The van der Waals surface area contributed by atoms with E-state index in [-0.39, 0.29) is 11.7 Å². The molecule has 0 saturated carbocycles. The number of carbonyl (C=O) groups excluding carboxylic acids is 1. The molecular formula is C21H26FN3O2. The summed E-state index contributed by atoms with van der Waals surface area (Å²) in [6, 6.07) is 9.98. The summed E-state index contributed by atoms with van der Waals surface area (Å²) < 4.78 is 18.8. The van der Waals surface area contributed by atoms with E-state index in [9.17, 15) is 9.18 Å². The third kappa shape index (κ3) is 4.11. The number of pyridine rings is 1. The van der Waals surface area contributed by atoms with Crippen LogP contribution in [0.15, 0.2) is 42.6 Å². The average molecular weight is 371 g/mol. The van der Waals surface area contributed by atoms with E-state index in [4.69, 9.17) is 4.74 Å². The van der Waals surface area contributed by atoms with Gasteiger partial charge in [-0.05, 0) is 56.5 Å². The summed E-state index contributed by atoms with van der Waals surface area (Å²) in [5.74, 6) is 0.477. The summed E-state index contributed by atoms with van der Waals surface area (Å²) in [6.45, 7) is 6.93. The van der Waals surface area contributed by atoms with E-state index in [0.29, 0.717) is 31.7 Å². The Balaban J connectivity index is 1.82. The number of hydrogen-bond donors (Lipinski definition) is 1. The number of rotatable bonds is 6. The van der Waals surface area contributed by atoms with Crippen LogP contribution in [0.2, 0.25) is 0 Å². The quantitative estimate of drug-likeness (QED) is 0.840. The van der Waals surface area contributed by atoms with Crippen molar-refractivity contribution in [3.05, 3.63) is 54.0 Å². The first-order valence-corrected chi connectivity index (χ1v) is 9.45. The van der Waals surface area contributed by atoms with Crippen LogP contribution in [0.4, 0.5) is 15.9 Å². The number of amides is 1. The summed E-state index contributed by atoms with van der Waals surface area (Å²) >= 11 is 0. The minimum absolute atomic E-state index is 0.102. The summed E-state index contributed by atoms with van der Waals surface area (Å²) in [5.41, 5.74) is 0.755. The first-order chi connectivity index (χ1) is 13.1. The van der Waals surface area contributed by atoms with Gasteiger partial charge in [-0.15, -0.1) is 0 Å². The lowest BCUT2D eigenvalue weighted by molar-refractivity contribution is -0.125. The number of halogens is 1. The summed E-state index contributed by atoms with van der Waals surface area (Å²) in [5, 5.41) is 3.00. The Hall–Kier alpha value is -2.47. The van der Waals surface area contributed by atoms with Gasteiger partial charge in [-0.3, -0.25) is 4.79 Å². The first-order valence-electron chi connectivity index (χ1n) is 9.45. The van der Waals surface area contributed by atoms with E-state index in [1.165, 1.54) is 12.1 Å². The molecule has 1 amide bonds. The summed E-state index contributed by atoms with van der Waals surface area (Å²) in [6.07, 6.45) is 2.81. The van der Waals surface area contributed by atoms with Crippen molar-refractivity contribution in [3.8, 4) is 0 Å². The van der Waals surface area contributed by atoms with Gasteiger partial charge in [-0.2, -0.15) is 0 Å². The zero-order valence-corrected chi connectivity index (χ0v) is 15.9. The molecule has 5 nitrogen and oxygen atoms in total. The van der Waals surface area contributed by atoms with Crippen molar-refractivity contribution in [1.29, 1.82) is 0 Å². The number of anilines is 2. The minimum Gasteiger partial charge on any atom is -0.381 e. The van der Waals surface area contributed by atoms with E-state index < -0.39 is 5.41 Å². The Bertz CT molecular complexity index is 752. The number of nitrogens with zero attached hydrogens (tertiary/aromatic N) is 2. The van der Waals surface area contributed by atoms with Crippen molar-refractivity contribution in [2.24, 2.45) is 0 Å². The number of hydrogen-bond acceptors (Lipinski definition) is 4. The van der Waals surface area contributed by atoms with Gasteiger partial charge in [0.1, 0.15) is 11.6 Å². The van der Waals surface area contributed by atoms with Crippen LogP contribution in [-0.2, 0) is 14.9 Å². The molecule has 1 fully saturated rings. The Morgan fingerprint density at radius 3 is 2.37 bits per heavy atom. The third-order valence-electron chi connectivity index (χ3n) is 5.27. The van der Waals surface area contributed by atoms with Gasteiger partial charge in [0.25, 0.3) is 0 Å². The Kier molecular flexibility index (Phi) is 6.06. The van der Waals surface area contributed by atoms with Crippen LogP contribution >= 0.6 is 0 Å². The van der Waals surface area contributed by atoms with E-state index in [2.05, 4.69) is 29.0 Å². The predicted molar refractivity (Wildman–Crippen MR) is 105 cm³/mol. The van der Waals surface area contributed by atoms with Crippen molar-refractivity contribution < 1.29 is 13.9 Å². The maximum absolute atomic E-state index is 13.4. The molecule has 0 spiro atoms. The lowest BCUT2D eigenvalue weighted by atomic mass is 9.73. The van der Waals surface area contributed by atoms with Crippen molar-refractivity contribution in [2.75, 3.05) is 36.5 Å². The molecule has 1 aliphatic rings. The van der Waals surface area contributed by atoms with Gasteiger partial charge < -0.3 is 15.0 Å². The van der Waals surface area contributed by atoms with Crippen LogP contribution in [0.5, 0.6) is 0 Å². The number of benzene rings is 1. The maximum atomic E-state index is 13.4. The molecule has 1 aromatic heterocycles. The van der Waals surface area contributed by atoms with Crippen LogP contribution in [0.3, 0.4) is 0 Å². The molecule has 0 aliphatic carbocycles. The largest absolute Gasteiger partial charge is 0.381 e. The molecule has 1 aliphatic heterocycles. The van der Waals surface area contributed by atoms with Gasteiger partial charge >= 0.3 is 0 Å². The molecule has 2 heterocycles. The highest BCUT2D eigenvalue weighted by Gasteiger charge is 2.41. The third-order valence-corrected chi connectivity index (χ3v) is 5.27. The van der Waals surface area contributed by atoms with Gasteiger partial charge in [-0.1, -0.05) is 12.1 Å². The molecule has 6 heteroatoms. The highest BCUT2D eigenvalue weighted by molar-refractivity contribution is 5.99. The minimum atomic E-state index is -0.719. The second-order valence-electron chi connectivity index (χ2n) is 6.73. The standard InChI is InChI=1S/C21H26FN3O2/c1-3-25(4-2)19-10-9-18(15-23-19)24-20(26)21(11-13-27-14-12-21)16-5-7-17(22)8-6-16/h5-10,15H,3-4,11-14H2,1-2H3,(H,24,26). The zero-order valence-electron chi connectivity index (χ0n) is 15.9. The fourth-order valence-electron chi connectivity index (χ4n) is 3.58. The molecule has 144 valence electrons. The van der Waals surface area contributed by atoms with Crippen LogP contribution in [0.25, 0.3) is 0 Å². The van der Waals surface area contributed by atoms with Crippen molar-refractivity contribution >= 4 is 17.4 Å². The predicted octanol–water partition coefficient (Wildman–Crippen LogP) is 3.75. The summed E-state index contributed by atoms with van der Waals surface area (Å²) in [4.78, 5) is 19.8. The van der Waals surface area contributed by atoms with Crippen molar-refractivity contribution in [2.45, 2.75) is 32.1 Å². The van der Waals surface area contributed by atoms with E-state index >= 15 is 0 Å². The molecular weight excluding hydrogens is 345 g/mol. The highest BCUT2D eigenvalue weighted by Crippen LogP contribution is 2.36. The van der Waals surface area contributed by atoms with Crippen LogP contribution < -0.4 is 10.2 Å². The lowest BCUT2D eigenvalue weighted by Gasteiger charge is -2.36. The van der Waals surface area contributed by atoms with E-state index in [0.717, 1.165) is 24.5 Å². The van der Waals surface area contributed by atoms with Gasteiger partial charge in [0.15, 0.2) is 0 Å². The molecule has 1 saturated heterocycles. The molecule has 0 bridgehead atoms. The van der Waals surface area contributed by atoms with Crippen LogP contribution in [0.1, 0.15) is 32.3 Å². The van der Waals surface area contributed by atoms with Gasteiger partial charge in [0.2, 0.25) is 5.91 Å². The highest BCUT2D eigenvalue weighted by atomic mass is 19.1. The van der Waals surface area contributed by atoms with Crippen LogP contribution in [-0.4, -0.2) is 37.2 Å². The van der Waals surface area contributed by atoms with E-state index in [1.54, 1.807) is 18.3 Å². The average Bonchev–Trinajstić information content (AvgIpc) is 2.71. The molecule has 2 aromatic rings. The summed E-state index contributed by atoms with van der Waals surface area (Å²) in [7, 11) is 0. The normalized spacial score (nSPS) is 16.0. The molecule has 0 radical (unpaired) electrons. The number of ether oxygens (including phenoxy) is 1. The number of nitrogens with one attached hydrogen (secondary N) is 1. The molecule has 3 rings (SSSR count). The first kappa shape index (κ1) is 19.3. The topological polar surface area (TPSA) is 54.5 Å². The SMILES string of the molecule is CCN(CC)c1ccc(NC(=O)C2(c3ccc(F)cc3)CCOCC2)cn1. The van der Waals surface area contributed by atoms with Gasteiger partial charge in [-0.25, -0.2) is 9.37 Å². The monoisotopic (exact) mass is 371 g/mol. The molecule has 1 N–H and O–H groups in total. The second kappa shape index (κ2) is 8.48. The molecule has 27 heavy (non-hydrogen) atoms. The molecule has 1 aromatic carbocycles. The fourth-order valence-corrected chi connectivity index (χ4v) is 3.58. The van der Waals surface area contributed by atoms with Crippen molar-refractivity contribution in [3.63, 3.8) is 0 Å².